The lowest BCUT2D eigenvalue weighted by molar-refractivity contribution is 0.0724. The van der Waals surface area contributed by atoms with Gasteiger partial charge in [-0.3, -0.25) is 4.79 Å². The van der Waals surface area contributed by atoms with Crippen LogP contribution in [0.4, 0.5) is 0 Å². The van der Waals surface area contributed by atoms with E-state index in [4.69, 9.17) is 0 Å². The van der Waals surface area contributed by atoms with Crippen LogP contribution in [0, 0.1) is 0 Å². The van der Waals surface area contributed by atoms with E-state index >= 15 is 0 Å². The number of carbonyl (C=O) groups is 1. The van der Waals surface area contributed by atoms with Crippen molar-refractivity contribution in [1.29, 1.82) is 0 Å². The van der Waals surface area contributed by atoms with Gasteiger partial charge in [0, 0.05) is 18.7 Å². The largest absolute Gasteiger partial charge is 0.339 e. The van der Waals surface area contributed by atoms with E-state index < -0.39 is 0 Å². The molecule has 120 valence electrons. The van der Waals surface area contributed by atoms with Gasteiger partial charge < -0.3 is 4.90 Å². The highest BCUT2D eigenvalue weighted by molar-refractivity contribution is 5.95. The normalized spacial score (nSPS) is 15.0. The Morgan fingerprint density at radius 3 is 2.26 bits per heavy atom. The van der Waals surface area contributed by atoms with Crippen molar-refractivity contribution in [2.45, 2.75) is 39.0 Å². The van der Waals surface area contributed by atoms with E-state index in [1.807, 2.05) is 23.1 Å². The molecule has 0 saturated carbocycles. The van der Waals surface area contributed by atoms with Crippen molar-refractivity contribution in [1.82, 2.24) is 4.90 Å². The number of amides is 1. The van der Waals surface area contributed by atoms with Gasteiger partial charge in [0.05, 0.1) is 0 Å². The number of carbonyl (C=O) groups excluding carboxylic acids is 1. The molecule has 2 aromatic rings. The molecular weight excluding hydrogens is 282 g/mol. The highest BCUT2D eigenvalue weighted by atomic mass is 16.2. The standard InChI is InChI=1S/C21H25NO/c1-16(2)17-8-6-9-18(14-17)19-10-7-11-20(15-19)21(23)22-12-4-3-5-13-22/h6-11,14-16H,3-5,12-13H2,1-2H3. The summed E-state index contributed by atoms with van der Waals surface area (Å²) in [6, 6.07) is 16.7. The van der Waals surface area contributed by atoms with Crippen molar-refractivity contribution in [2.75, 3.05) is 13.1 Å². The molecule has 0 aliphatic carbocycles. The van der Waals surface area contributed by atoms with E-state index in [0.29, 0.717) is 5.92 Å². The Kier molecular flexibility index (Phi) is 4.80. The van der Waals surface area contributed by atoms with Gasteiger partial charge in [0.25, 0.3) is 5.91 Å². The lowest BCUT2D eigenvalue weighted by Crippen LogP contribution is -2.35. The Hall–Kier alpha value is -2.09. The Balaban J connectivity index is 1.87. The van der Waals surface area contributed by atoms with E-state index in [1.54, 1.807) is 0 Å². The third-order valence-corrected chi connectivity index (χ3v) is 4.64. The molecule has 0 radical (unpaired) electrons. The summed E-state index contributed by atoms with van der Waals surface area (Å²) in [7, 11) is 0. The SMILES string of the molecule is CC(C)c1cccc(-c2cccc(C(=O)N3CCCCC3)c2)c1. The Bertz CT molecular complexity index is 684. The molecule has 0 unspecified atom stereocenters. The molecule has 1 aliphatic rings. The van der Waals surface area contributed by atoms with Crippen molar-refractivity contribution in [3.8, 4) is 11.1 Å². The van der Waals surface area contributed by atoms with Crippen molar-refractivity contribution >= 4 is 5.91 Å². The van der Waals surface area contributed by atoms with Gasteiger partial charge in [-0.15, -0.1) is 0 Å². The lowest BCUT2D eigenvalue weighted by Gasteiger charge is -2.26. The second-order valence-corrected chi connectivity index (χ2v) is 6.71. The maximum atomic E-state index is 12.7. The van der Waals surface area contributed by atoms with Gasteiger partial charge in [-0.05, 0) is 54.0 Å². The number of piperidine rings is 1. The summed E-state index contributed by atoms with van der Waals surface area (Å²) < 4.78 is 0. The summed E-state index contributed by atoms with van der Waals surface area (Å²) in [6.45, 7) is 6.20. The zero-order chi connectivity index (χ0) is 16.2. The smallest absolute Gasteiger partial charge is 0.253 e. The van der Waals surface area contributed by atoms with Crippen LogP contribution in [0.5, 0.6) is 0 Å². The van der Waals surface area contributed by atoms with E-state index in [1.165, 1.54) is 17.5 Å². The van der Waals surface area contributed by atoms with Crippen LogP contribution in [-0.4, -0.2) is 23.9 Å². The molecule has 0 aromatic heterocycles. The first-order chi connectivity index (χ1) is 11.1. The van der Waals surface area contributed by atoms with Gasteiger partial charge in [-0.2, -0.15) is 0 Å². The third-order valence-electron chi connectivity index (χ3n) is 4.64. The molecule has 1 heterocycles. The van der Waals surface area contributed by atoms with E-state index in [9.17, 15) is 4.79 Å². The van der Waals surface area contributed by atoms with Crippen LogP contribution in [0.3, 0.4) is 0 Å². The number of benzene rings is 2. The first-order valence-corrected chi connectivity index (χ1v) is 8.65. The fourth-order valence-electron chi connectivity index (χ4n) is 3.19. The van der Waals surface area contributed by atoms with Crippen LogP contribution >= 0.6 is 0 Å². The van der Waals surface area contributed by atoms with Gasteiger partial charge >= 0.3 is 0 Å². The predicted octanol–water partition coefficient (Wildman–Crippen LogP) is 5.10. The van der Waals surface area contributed by atoms with Gasteiger partial charge in [-0.1, -0.05) is 50.2 Å². The lowest BCUT2D eigenvalue weighted by atomic mass is 9.96. The van der Waals surface area contributed by atoms with Crippen LogP contribution in [-0.2, 0) is 0 Å². The molecule has 23 heavy (non-hydrogen) atoms. The average molecular weight is 307 g/mol. The molecule has 0 atom stereocenters. The van der Waals surface area contributed by atoms with Crippen LogP contribution in [0.1, 0.15) is 54.9 Å². The minimum absolute atomic E-state index is 0.173. The minimum atomic E-state index is 0.173. The van der Waals surface area contributed by atoms with Gasteiger partial charge in [0.15, 0.2) is 0 Å². The number of rotatable bonds is 3. The maximum Gasteiger partial charge on any atom is 0.253 e. The van der Waals surface area contributed by atoms with Crippen molar-refractivity contribution in [3.05, 3.63) is 59.7 Å². The molecule has 0 N–H and O–H groups in total. The number of likely N-dealkylation sites (tertiary alicyclic amines) is 1. The van der Waals surface area contributed by atoms with E-state index in [0.717, 1.165) is 37.1 Å². The molecule has 0 bridgehead atoms. The topological polar surface area (TPSA) is 20.3 Å². The van der Waals surface area contributed by atoms with Gasteiger partial charge in [-0.25, -0.2) is 0 Å². The molecule has 2 aromatic carbocycles. The molecule has 0 spiro atoms. The predicted molar refractivity (Wildman–Crippen MR) is 95.7 cm³/mol. The van der Waals surface area contributed by atoms with Crippen LogP contribution in [0.2, 0.25) is 0 Å². The minimum Gasteiger partial charge on any atom is -0.339 e. The second-order valence-electron chi connectivity index (χ2n) is 6.71. The third kappa shape index (κ3) is 3.64. The Morgan fingerprint density at radius 1 is 0.913 bits per heavy atom. The summed E-state index contributed by atoms with van der Waals surface area (Å²) >= 11 is 0. The van der Waals surface area contributed by atoms with Gasteiger partial charge in [0.1, 0.15) is 0 Å². The highest BCUT2D eigenvalue weighted by Gasteiger charge is 2.18. The second kappa shape index (κ2) is 6.99. The zero-order valence-electron chi connectivity index (χ0n) is 14.1. The first-order valence-electron chi connectivity index (χ1n) is 8.65. The first kappa shape index (κ1) is 15.8. The quantitative estimate of drug-likeness (QED) is 0.772. The van der Waals surface area contributed by atoms with E-state index in [2.05, 4.69) is 44.2 Å². The molecule has 3 rings (SSSR count). The number of hydrogen-bond donors (Lipinski definition) is 0. The molecular formula is C21H25NO. The summed E-state index contributed by atoms with van der Waals surface area (Å²) in [4.78, 5) is 14.7. The van der Waals surface area contributed by atoms with Gasteiger partial charge in [0.2, 0.25) is 0 Å². The number of nitrogens with zero attached hydrogens (tertiary/aromatic N) is 1. The summed E-state index contributed by atoms with van der Waals surface area (Å²) in [5, 5.41) is 0. The summed E-state index contributed by atoms with van der Waals surface area (Å²) in [5.41, 5.74) is 4.44. The van der Waals surface area contributed by atoms with Crippen molar-refractivity contribution < 1.29 is 4.79 Å². The van der Waals surface area contributed by atoms with Crippen molar-refractivity contribution in [2.24, 2.45) is 0 Å². The molecule has 2 heteroatoms. The molecule has 1 saturated heterocycles. The van der Waals surface area contributed by atoms with Crippen LogP contribution in [0.25, 0.3) is 11.1 Å². The van der Waals surface area contributed by atoms with Crippen molar-refractivity contribution in [3.63, 3.8) is 0 Å². The Morgan fingerprint density at radius 2 is 1.57 bits per heavy atom. The Labute approximate surface area is 139 Å². The molecule has 1 amide bonds. The molecule has 1 fully saturated rings. The van der Waals surface area contributed by atoms with E-state index in [-0.39, 0.29) is 5.91 Å². The fraction of sp³-hybridized carbons (Fsp3) is 0.381. The maximum absolute atomic E-state index is 12.7. The zero-order valence-corrected chi connectivity index (χ0v) is 14.1. The number of hydrogen-bond acceptors (Lipinski definition) is 1. The molecule has 1 aliphatic heterocycles. The summed E-state index contributed by atoms with van der Waals surface area (Å²) in [5.74, 6) is 0.680. The summed E-state index contributed by atoms with van der Waals surface area (Å²) in [6.07, 6.45) is 3.50. The van der Waals surface area contributed by atoms with Crippen LogP contribution < -0.4 is 0 Å². The van der Waals surface area contributed by atoms with Crippen LogP contribution in [0.15, 0.2) is 48.5 Å². The fourth-order valence-corrected chi connectivity index (χ4v) is 3.19. The average Bonchev–Trinajstić information content (AvgIpc) is 2.62. The monoisotopic (exact) mass is 307 g/mol. The molecule has 2 nitrogen and oxygen atoms in total. The highest BCUT2D eigenvalue weighted by Crippen LogP contribution is 2.25.